The highest BCUT2D eigenvalue weighted by molar-refractivity contribution is 6.05. The van der Waals surface area contributed by atoms with Crippen molar-refractivity contribution in [3.8, 4) is 0 Å². The Balaban J connectivity index is 1.76. The third-order valence-electron chi connectivity index (χ3n) is 4.01. The smallest absolute Gasteiger partial charge is 0.255 e. The largest absolute Gasteiger partial charge is 0.331 e. The van der Waals surface area contributed by atoms with Crippen molar-refractivity contribution in [3.05, 3.63) is 64.2 Å². The minimum Gasteiger partial charge on any atom is -0.331 e. The predicted molar refractivity (Wildman–Crippen MR) is 81.5 cm³/mol. The van der Waals surface area contributed by atoms with E-state index in [-0.39, 0.29) is 11.5 Å². The van der Waals surface area contributed by atoms with Crippen LogP contribution >= 0.6 is 0 Å². The van der Waals surface area contributed by atoms with Gasteiger partial charge in [0.05, 0.1) is 24.3 Å². The number of para-hydroxylation sites is 1. The van der Waals surface area contributed by atoms with E-state index in [2.05, 4.69) is 10.1 Å². The van der Waals surface area contributed by atoms with Gasteiger partial charge in [0.1, 0.15) is 0 Å². The first-order valence-corrected chi connectivity index (χ1v) is 7.14. The Kier molecular flexibility index (Phi) is 2.82. The maximum atomic E-state index is 12.8. The molecule has 1 N–H and O–H groups in total. The van der Waals surface area contributed by atoms with Crippen LogP contribution in [0.4, 0.5) is 0 Å². The molecule has 2 aromatic heterocycles. The van der Waals surface area contributed by atoms with Crippen molar-refractivity contribution in [1.29, 1.82) is 0 Å². The van der Waals surface area contributed by atoms with E-state index in [0.717, 1.165) is 11.1 Å². The van der Waals surface area contributed by atoms with Crippen LogP contribution in [0.3, 0.4) is 0 Å². The molecule has 4 rings (SSSR count). The van der Waals surface area contributed by atoms with E-state index in [9.17, 15) is 9.59 Å². The number of hydrogen-bond donors (Lipinski definition) is 1. The van der Waals surface area contributed by atoms with Crippen molar-refractivity contribution < 1.29 is 4.79 Å². The van der Waals surface area contributed by atoms with Gasteiger partial charge in [-0.05, 0) is 12.1 Å². The summed E-state index contributed by atoms with van der Waals surface area (Å²) in [6.45, 7) is 1.78. The van der Waals surface area contributed by atoms with E-state index >= 15 is 0 Å². The Morgan fingerprint density at radius 1 is 1.18 bits per heavy atom. The first-order chi connectivity index (χ1) is 10.7. The first-order valence-electron chi connectivity index (χ1n) is 7.14. The monoisotopic (exact) mass is 294 g/mol. The molecule has 0 radical (unpaired) electrons. The molecule has 0 saturated carbocycles. The van der Waals surface area contributed by atoms with Crippen LogP contribution in [0.1, 0.15) is 16.1 Å². The highest BCUT2D eigenvalue weighted by atomic mass is 16.2. The van der Waals surface area contributed by atoms with Gasteiger partial charge in [-0.3, -0.25) is 14.3 Å². The molecular weight excluding hydrogens is 280 g/mol. The number of carbonyl (C=O) groups excluding carboxylic acids is 1. The standard InChI is InChI=1S/C16H14N4O2/c21-15-9-13(12-3-1-2-4-14(12)18-15)16(22)19-7-8-20-11(10-19)5-6-17-20/h1-6,9H,7-8,10H2,(H,18,21). The van der Waals surface area contributed by atoms with Gasteiger partial charge in [0, 0.05) is 29.7 Å². The number of carbonyl (C=O) groups is 1. The summed E-state index contributed by atoms with van der Waals surface area (Å²) >= 11 is 0. The Morgan fingerprint density at radius 2 is 2.05 bits per heavy atom. The maximum Gasteiger partial charge on any atom is 0.255 e. The highest BCUT2D eigenvalue weighted by Crippen LogP contribution is 2.19. The lowest BCUT2D eigenvalue weighted by Gasteiger charge is -2.28. The maximum absolute atomic E-state index is 12.8. The first kappa shape index (κ1) is 12.8. The Morgan fingerprint density at radius 3 is 2.95 bits per heavy atom. The zero-order chi connectivity index (χ0) is 15.1. The van der Waals surface area contributed by atoms with Gasteiger partial charge in [-0.2, -0.15) is 5.10 Å². The zero-order valence-corrected chi connectivity index (χ0v) is 11.8. The molecule has 6 heteroatoms. The Hall–Kier alpha value is -2.89. The van der Waals surface area contributed by atoms with Crippen LogP contribution in [0.25, 0.3) is 10.9 Å². The van der Waals surface area contributed by atoms with Crippen molar-refractivity contribution >= 4 is 16.8 Å². The van der Waals surface area contributed by atoms with Crippen molar-refractivity contribution in [1.82, 2.24) is 19.7 Å². The summed E-state index contributed by atoms with van der Waals surface area (Å²) in [6.07, 6.45) is 1.74. The van der Waals surface area contributed by atoms with Gasteiger partial charge in [-0.1, -0.05) is 18.2 Å². The summed E-state index contributed by atoms with van der Waals surface area (Å²) < 4.78 is 1.90. The summed E-state index contributed by atoms with van der Waals surface area (Å²) in [5.41, 5.74) is 1.88. The molecule has 6 nitrogen and oxygen atoms in total. The number of amides is 1. The lowest BCUT2D eigenvalue weighted by molar-refractivity contribution is 0.0708. The van der Waals surface area contributed by atoms with Crippen molar-refractivity contribution in [3.63, 3.8) is 0 Å². The third kappa shape index (κ3) is 2.00. The molecule has 0 spiro atoms. The molecule has 0 atom stereocenters. The third-order valence-corrected chi connectivity index (χ3v) is 4.01. The van der Waals surface area contributed by atoms with Gasteiger partial charge >= 0.3 is 0 Å². The van der Waals surface area contributed by atoms with Crippen LogP contribution in [0.15, 0.2) is 47.4 Å². The normalized spacial score (nSPS) is 14.1. The van der Waals surface area contributed by atoms with Gasteiger partial charge in [-0.25, -0.2) is 0 Å². The molecule has 0 bridgehead atoms. The summed E-state index contributed by atoms with van der Waals surface area (Å²) in [7, 11) is 0. The fourth-order valence-electron chi connectivity index (χ4n) is 2.91. The van der Waals surface area contributed by atoms with E-state index < -0.39 is 0 Å². The number of nitrogens with zero attached hydrogens (tertiary/aromatic N) is 3. The van der Waals surface area contributed by atoms with Gasteiger partial charge in [0.25, 0.3) is 5.91 Å². The lowest BCUT2D eigenvalue weighted by atomic mass is 10.1. The summed E-state index contributed by atoms with van der Waals surface area (Å²) in [5.74, 6) is -0.116. The molecule has 3 heterocycles. The number of aromatic nitrogens is 3. The second-order valence-electron chi connectivity index (χ2n) is 5.37. The van der Waals surface area contributed by atoms with E-state index in [1.54, 1.807) is 17.2 Å². The quantitative estimate of drug-likeness (QED) is 0.737. The molecule has 1 amide bonds. The van der Waals surface area contributed by atoms with Crippen LogP contribution in [-0.2, 0) is 13.1 Å². The van der Waals surface area contributed by atoms with Crippen LogP contribution in [0.2, 0.25) is 0 Å². The van der Waals surface area contributed by atoms with E-state index in [4.69, 9.17) is 0 Å². The number of hydrogen-bond acceptors (Lipinski definition) is 3. The average molecular weight is 294 g/mol. The second kappa shape index (κ2) is 4.84. The number of fused-ring (bicyclic) bond motifs is 2. The minimum absolute atomic E-state index is 0.116. The van der Waals surface area contributed by atoms with Crippen LogP contribution in [0.5, 0.6) is 0 Å². The molecule has 0 saturated heterocycles. The zero-order valence-electron chi connectivity index (χ0n) is 11.8. The molecule has 0 unspecified atom stereocenters. The average Bonchev–Trinajstić information content (AvgIpc) is 3.00. The van der Waals surface area contributed by atoms with Crippen molar-refractivity contribution in [2.24, 2.45) is 0 Å². The molecule has 0 fully saturated rings. The minimum atomic E-state index is -0.260. The second-order valence-corrected chi connectivity index (χ2v) is 5.37. The molecule has 1 aromatic carbocycles. The van der Waals surface area contributed by atoms with Crippen molar-refractivity contribution in [2.45, 2.75) is 13.1 Å². The van der Waals surface area contributed by atoms with Crippen LogP contribution in [0, 0.1) is 0 Å². The SMILES string of the molecule is O=C(c1cc(=O)[nH]c2ccccc12)N1CCn2nccc2C1. The molecule has 1 aliphatic heterocycles. The molecular formula is C16H14N4O2. The molecule has 22 heavy (non-hydrogen) atoms. The molecule has 0 aliphatic carbocycles. The van der Waals surface area contributed by atoms with Gasteiger partial charge in [-0.15, -0.1) is 0 Å². The van der Waals surface area contributed by atoms with E-state index in [1.807, 2.05) is 28.9 Å². The summed E-state index contributed by atoms with van der Waals surface area (Å²) in [5, 5.41) is 4.98. The van der Waals surface area contributed by atoms with E-state index in [0.29, 0.717) is 30.7 Å². The molecule has 1 aliphatic rings. The molecule has 110 valence electrons. The number of H-pyrrole nitrogens is 1. The lowest BCUT2D eigenvalue weighted by Crippen LogP contribution is -2.38. The Labute approximate surface area is 126 Å². The van der Waals surface area contributed by atoms with Gasteiger partial charge in [0.15, 0.2) is 0 Å². The number of rotatable bonds is 1. The van der Waals surface area contributed by atoms with Gasteiger partial charge in [0.2, 0.25) is 5.56 Å². The summed E-state index contributed by atoms with van der Waals surface area (Å²) in [6, 6.07) is 10.7. The fraction of sp³-hybridized carbons (Fsp3) is 0.188. The number of pyridine rings is 1. The summed E-state index contributed by atoms with van der Waals surface area (Å²) in [4.78, 5) is 29.2. The van der Waals surface area contributed by atoms with Crippen LogP contribution in [-0.4, -0.2) is 32.1 Å². The van der Waals surface area contributed by atoms with Crippen LogP contribution < -0.4 is 5.56 Å². The number of nitrogens with one attached hydrogen (secondary N) is 1. The van der Waals surface area contributed by atoms with Gasteiger partial charge < -0.3 is 9.88 Å². The topological polar surface area (TPSA) is 71.0 Å². The fourth-order valence-corrected chi connectivity index (χ4v) is 2.91. The number of benzene rings is 1. The highest BCUT2D eigenvalue weighted by Gasteiger charge is 2.23. The Bertz CT molecular complexity index is 925. The predicted octanol–water partition coefficient (Wildman–Crippen LogP) is 1.38. The van der Waals surface area contributed by atoms with Crippen molar-refractivity contribution in [2.75, 3.05) is 6.54 Å². The molecule has 3 aromatic rings. The number of aromatic amines is 1. The van der Waals surface area contributed by atoms with E-state index in [1.165, 1.54) is 6.07 Å².